The topological polar surface area (TPSA) is 186 Å². The van der Waals surface area contributed by atoms with Gasteiger partial charge in [-0.05, 0) is 59.4 Å². The quantitative estimate of drug-likeness (QED) is 0.163. The molecule has 238 valence electrons. The fourth-order valence-corrected chi connectivity index (χ4v) is 6.76. The average Bonchev–Trinajstić information content (AvgIpc) is 3.15. The van der Waals surface area contributed by atoms with Crippen molar-refractivity contribution in [2.75, 3.05) is 19.8 Å². The smallest absolute Gasteiger partial charge is 0.305 e. The Bertz CT molecular complexity index is 1570. The maximum atomic E-state index is 12.3. The van der Waals surface area contributed by atoms with E-state index in [2.05, 4.69) is 23.7 Å². The molecule has 2 aromatic rings. The maximum absolute atomic E-state index is 12.3. The molecule has 45 heavy (non-hydrogen) atoms. The molecular formula is C34H36O11. The standard InChI is InChI=1S/C34H36O11/c35-16-20-15-25(37)30(39)26(44-20)7-3-18-1-5-21-22-6-2-19(4-8-27-31(40)33(42)32(41)28(17-36)45-27)14-24(22)34(23(21)13-18)10-9-29(38)43-12-11-34/h1-2,5-6,13-14,20,25-28,30-33,35-37,39-42H,9-12,15-17H2/t20-,25-,26+,27+,28+,30-,31+,32+,33+,34?/m0/s1. The second-order valence-electron chi connectivity index (χ2n) is 12.0. The number of aliphatic hydroxyl groups is 7. The minimum absolute atomic E-state index is 0.116. The van der Waals surface area contributed by atoms with Crippen LogP contribution in [0.4, 0.5) is 0 Å². The molecule has 0 amide bonds. The monoisotopic (exact) mass is 620 g/mol. The van der Waals surface area contributed by atoms with Gasteiger partial charge in [0, 0.05) is 29.4 Å². The summed E-state index contributed by atoms with van der Waals surface area (Å²) in [7, 11) is 0. The first-order valence-electron chi connectivity index (χ1n) is 15.1. The number of esters is 1. The second kappa shape index (κ2) is 12.8. The van der Waals surface area contributed by atoms with Crippen molar-refractivity contribution in [3.8, 4) is 34.8 Å². The molecule has 3 heterocycles. The highest BCUT2D eigenvalue weighted by Crippen LogP contribution is 2.54. The number of benzene rings is 2. The Morgan fingerprint density at radius 3 is 1.98 bits per heavy atom. The molecule has 1 spiro atoms. The van der Waals surface area contributed by atoms with Crippen molar-refractivity contribution in [3.63, 3.8) is 0 Å². The number of cyclic esters (lactones) is 1. The van der Waals surface area contributed by atoms with Gasteiger partial charge in [-0.25, -0.2) is 0 Å². The van der Waals surface area contributed by atoms with E-state index in [-0.39, 0.29) is 32.0 Å². The zero-order valence-electron chi connectivity index (χ0n) is 24.4. The molecule has 2 aromatic carbocycles. The van der Waals surface area contributed by atoms with Gasteiger partial charge in [0.25, 0.3) is 0 Å². The van der Waals surface area contributed by atoms with Gasteiger partial charge in [0.2, 0.25) is 0 Å². The van der Waals surface area contributed by atoms with Crippen molar-refractivity contribution < 1.29 is 54.8 Å². The summed E-state index contributed by atoms with van der Waals surface area (Å²) in [6.45, 7) is -0.622. The van der Waals surface area contributed by atoms with E-state index in [4.69, 9.17) is 14.2 Å². The number of ether oxygens (including phenoxy) is 3. The van der Waals surface area contributed by atoms with E-state index >= 15 is 0 Å². The van der Waals surface area contributed by atoms with Gasteiger partial charge in [-0.15, -0.1) is 0 Å². The third-order valence-electron chi connectivity index (χ3n) is 9.27. The lowest BCUT2D eigenvalue weighted by molar-refractivity contribution is -0.214. The van der Waals surface area contributed by atoms with Crippen LogP contribution in [-0.4, -0.2) is 116 Å². The number of carbonyl (C=O) groups is 1. The summed E-state index contributed by atoms with van der Waals surface area (Å²) in [5.41, 5.74) is 4.54. The lowest BCUT2D eigenvalue weighted by atomic mass is 9.72. The summed E-state index contributed by atoms with van der Waals surface area (Å²) in [4.78, 5) is 12.3. The Morgan fingerprint density at radius 2 is 1.38 bits per heavy atom. The number of rotatable bonds is 2. The van der Waals surface area contributed by atoms with Crippen LogP contribution in [0.15, 0.2) is 36.4 Å². The average molecular weight is 621 g/mol. The highest BCUT2D eigenvalue weighted by Gasteiger charge is 2.45. The van der Waals surface area contributed by atoms with E-state index in [1.807, 2.05) is 36.4 Å². The van der Waals surface area contributed by atoms with Gasteiger partial charge in [0.05, 0.1) is 32.0 Å². The van der Waals surface area contributed by atoms with Crippen LogP contribution in [0.1, 0.15) is 47.9 Å². The molecule has 3 aliphatic heterocycles. The van der Waals surface area contributed by atoms with Gasteiger partial charge in [-0.2, -0.15) is 0 Å². The first kappa shape index (κ1) is 31.6. The number of carbonyl (C=O) groups excluding carboxylic acids is 1. The van der Waals surface area contributed by atoms with Crippen LogP contribution in [0, 0.1) is 23.7 Å². The highest BCUT2D eigenvalue weighted by atomic mass is 16.5. The molecule has 0 radical (unpaired) electrons. The first-order valence-corrected chi connectivity index (χ1v) is 15.1. The fraction of sp³-hybridized carbons (Fsp3) is 0.500. The number of fused-ring (bicyclic) bond motifs is 5. The van der Waals surface area contributed by atoms with Gasteiger partial charge >= 0.3 is 5.97 Å². The van der Waals surface area contributed by atoms with Gasteiger partial charge < -0.3 is 50.0 Å². The molecule has 0 aromatic heterocycles. The van der Waals surface area contributed by atoms with Crippen LogP contribution in [0.5, 0.6) is 0 Å². The lowest BCUT2D eigenvalue weighted by Crippen LogP contribution is -2.58. The minimum Gasteiger partial charge on any atom is -0.466 e. The van der Waals surface area contributed by atoms with Crippen molar-refractivity contribution in [1.82, 2.24) is 0 Å². The Balaban J connectivity index is 1.34. The largest absolute Gasteiger partial charge is 0.466 e. The van der Waals surface area contributed by atoms with Crippen LogP contribution in [0.2, 0.25) is 0 Å². The molecule has 11 nitrogen and oxygen atoms in total. The van der Waals surface area contributed by atoms with E-state index < -0.39 is 67.0 Å². The van der Waals surface area contributed by atoms with Gasteiger partial charge in [-0.3, -0.25) is 4.79 Å². The summed E-state index contributed by atoms with van der Waals surface area (Å²) in [6.07, 6.45) is -9.20. The highest BCUT2D eigenvalue weighted by molar-refractivity contribution is 5.83. The zero-order valence-corrected chi connectivity index (χ0v) is 24.4. The molecular weight excluding hydrogens is 584 g/mol. The van der Waals surface area contributed by atoms with Crippen LogP contribution in [-0.2, 0) is 24.4 Å². The summed E-state index contributed by atoms with van der Waals surface area (Å²) in [5, 5.41) is 70.2. The Labute approximate surface area is 260 Å². The lowest BCUT2D eigenvalue weighted by Gasteiger charge is -2.37. The molecule has 3 fully saturated rings. The molecule has 10 atom stereocenters. The van der Waals surface area contributed by atoms with Crippen molar-refractivity contribution in [2.24, 2.45) is 0 Å². The second-order valence-corrected chi connectivity index (χ2v) is 12.0. The fourth-order valence-electron chi connectivity index (χ4n) is 6.76. The maximum Gasteiger partial charge on any atom is 0.305 e. The van der Waals surface area contributed by atoms with Crippen molar-refractivity contribution >= 4 is 5.97 Å². The Morgan fingerprint density at radius 1 is 0.756 bits per heavy atom. The molecule has 3 saturated heterocycles. The molecule has 0 saturated carbocycles. The normalized spacial score (nSPS) is 35.6. The molecule has 11 heteroatoms. The van der Waals surface area contributed by atoms with Crippen molar-refractivity contribution in [3.05, 3.63) is 58.7 Å². The summed E-state index contributed by atoms with van der Waals surface area (Å²) < 4.78 is 16.6. The summed E-state index contributed by atoms with van der Waals surface area (Å²) >= 11 is 0. The third kappa shape index (κ3) is 5.88. The van der Waals surface area contributed by atoms with Gasteiger partial charge in [0.1, 0.15) is 42.7 Å². The van der Waals surface area contributed by atoms with E-state index in [9.17, 15) is 40.5 Å². The van der Waals surface area contributed by atoms with Crippen molar-refractivity contribution in [2.45, 2.75) is 86.0 Å². The van der Waals surface area contributed by atoms with Crippen LogP contribution in [0.3, 0.4) is 0 Å². The third-order valence-corrected chi connectivity index (χ3v) is 9.27. The van der Waals surface area contributed by atoms with Gasteiger partial charge in [-0.1, -0.05) is 35.8 Å². The number of aliphatic hydroxyl groups excluding tert-OH is 7. The van der Waals surface area contributed by atoms with Crippen LogP contribution >= 0.6 is 0 Å². The molecule has 4 aliphatic rings. The Hall–Kier alpha value is -3.33. The van der Waals surface area contributed by atoms with E-state index in [1.54, 1.807) is 0 Å². The minimum atomic E-state index is -1.53. The first-order chi connectivity index (χ1) is 21.6. The molecule has 0 bridgehead atoms. The summed E-state index contributed by atoms with van der Waals surface area (Å²) in [6, 6.07) is 11.5. The SMILES string of the molecule is O=C1CCC2(CCO1)c1cc(C#C[C@H]3O[C@H](CO)[C@@H](O)[C@H](O)[C@@H]3O)ccc1-c1ccc(C#C[C@H]3O[C@H](CO)C[C@H](O)[C@@H]3O)cc12. The number of hydrogen-bond donors (Lipinski definition) is 7. The van der Waals surface area contributed by atoms with E-state index in [0.717, 1.165) is 22.3 Å². The van der Waals surface area contributed by atoms with Crippen molar-refractivity contribution in [1.29, 1.82) is 0 Å². The molecule has 1 aliphatic carbocycles. The number of hydrogen-bond acceptors (Lipinski definition) is 11. The Kier molecular flexibility index (Phi) is 9.01. The van der Waals surface area contributed by atoms with E-state index in [0.29, 0.717) is 24.0 Å². The predicted molar refractivity (Wildman–Crippen MR) is 157 cm³/mol. The van der Waals surface area contributed by atoms with Crippen LogP contribution < -0.4 is 0 Å². The van der Waals surface area contributed by atoms with E-state index in [1.165, 1.54) is 0 Å². The molecule has 1 unspecified atom stereocenters. The molecule has 6 rings (SSSR count). The van der Waals surface area contributed by atoms with Crippen LogP contribution in [0.25, 0.3) is 11.1 Å². The summed E-state index contributed by atoms with van der Waals surface area (Å²) in [5.74, 6) is 11.5. The molecule has 7 N–H and O–H groups in total. The van der Waals surface area contributed by atoms with Gasteiger partial charge in [0.15, 0.2) is 0 Å². The zero-order chi connectivity index (χ0) is 31.9. The predicted octanol–water partition coefficient (Wildman–Crippen LogP) is -0.903.